The van der Waals surface area contributed by atoms with Gasteiger partial charge in [-0.1, -0.05) is 0 Å². The zero-order valence-corrected chi connectivity index (χ0v) is 8.19. The van der Waals surface area contributed by atoms with Crippen molar-refractivity contribution in [1.29, 1.82) is 5.26 Å². The van der Waals surface area contributed by atoms with E-state index in [1.54, 1.807) is 6.92 Å². The van der Waals surface area contributed by atoms with Crippen LogP contribution < -0.4 is 4.74 Å². The van der Waals surface area contributed by atoms with Crippen LogP contribution in [0.2, 0.25) is 0 Å². The minimum atomic E-state index is 0.0865. The van der Waals surface area contributed by atoms with E-state index in [9.17, 15) is 9.59 Å². The van der Waals surface area contributed by atoms with E-state index in [2.05, 4.69) is 0 Å². The van der Waals surface area contributed by atoms with Crippen LogP contribution in [0.1, 0.15) is 33.2 Å². The van der Waals surface area contributed by atoms with Crippen LogP contribution in [-0.4, -0.2) is 19.2 Å². The van der Waals surface area contributed by atoms with E-state index in [1.165, 1.54) is 12.1 Å². The van der Waals surface area contributed by atoms with Crippen molar-refractivity contribution in [2.24, 2.45) is 0 Å². The van der Waals surface area contributed by atoms with E-state index in [4.69, 9.17) is 10.00 Å². The van der Waals surface area contributed by atoms with Crippen molar-refractivity contribution in [3.05, 3.63) is 28.8 Å². The highest BCUT2D eigenvalue weighted by molar-refractivity contribution is 5.89. The summed E-state index contributed by atoms with van der Waals surface area (Å²) in [6.45, 7) is 2.22. The number of benzene rings is 1. The summed E-state index contributed by atoms with van der Waals surface area (Å²) >= 11 is 0. The van der Waals surface area contributed by atoms with E-state index >= 15 is 0 Å². The molecule has 0 saturated carbocycles. The molecule has 0 heterocycles. The third-order valence-electron chi connectivity index (χ3n) is 1.85. The molecule has 0 atom stereocenters. The summed E-state index contributed by atoms with van der Waals surface area (Å²) in [4.78, 5) is 21.4. The standard InChI is InChI=1S/C11H9NO3/c1-2-15-10-3-8(6-13)11(5-12)9(4-10)7-14/h3-4,6-7H,2H2,1H3. The summed E-state index contributed by atoms with van der Waals surface area (Å²) in [6, 6.07) is 4.71. The molecular weight excluding hydrogens is 194 g/mol. The summed E-state index contributed by atoms with van der Waals surface area (Å²) in [7, 11) is 0. The Kier molecular flexibility index (Phi) is 3.58. The summed E-state index contributed by atoms with van der Waals surface area (Å²) in [6.07, 6.45) is 1.07. The van der Waals surface area contributed by atoms with Crippen LogP contribution in [0.15, 0.2) is 12.1 Å². The first kappa shape index (κ1) is 10.9. The number of hydrogen-bond acceptors (Lipinski definition) is 4. The van der Waals surface area contributed by atoms with E-state index in [1.807, 2.05) is 6.07 Å². The normalized spacial score (nSPS) is 9.07. The summed E-state index contributed by atoms with van der Waals surface area (Å²) in [5, 5.41) is 8.77. The molecule has 0 saturated heterocycles. The Morgan fingerprint density at radius 1 is 1.33 bits per heavy atom. The van der Waals surface area contributed by atoms with Gasteiger partial charge < -0.3 is 4.74 Å². The molecule has 0 aliphatic rings. The molecule has 4 heteroatoms. The predicted molar refractivity (Wildman–Crippen MR) is 53.1 cm³/mol. The van der Waals surface area contributed by atoms with Crippen LogP contribution in [0.4, 0.5) is 0 Å². The van der Waals surface area contributed by atoms with Gasteiger partial charge in [-0.2, -0.15) is 5.26 Å². The zero-order valence-electron chi connectivity index (χ0n) is 8.19. The van der Waals surface area contributed by atoms with Gasteiger partial charge in [0.1, 0.15) is 11.8 Å². The van der Waals surface area contributed by atoms with Crippen molar-refractivity contribution in [1.82, 2.24) is 0 Å². The lowest BCUT2D eigenvalue weighted by Crippen LogP contribution is -1.99. The van der Waals surface area contributed by atoms with Crippen LogP contribution in [0.25, 0.3) is 0 Å². The van der Waals surface area contributed by atoms with Gasteiger partial charge in [-0.15, -0.1) is 0 Å². The molecule has 0 radical (unpaired) electrons. The molecule has 76 valence electrons. The molecule has 0 N–H and O–H groups in total. The monoisotopic (exact) mass is 203 g/mol. The van der Waals surface area contributed by atoms with Crippen LogP contribution >= 0.6 is 0 Å². The van der Waals surface area contributed by atoms with Gasteiger partial charge in [-0.05, 0) is 19.1 Å². The molecule has 4 nitrogen and oxygen atoms in total. The van der Waals surface area contributed by atoms with Crippen LogP contribution in [0.5, 0.6) is 5.75 Å². The number of ether oxygens (including phenoxy) is 1. The van der Waals surface area contributed by atoms with Crippen molar-refractivity contribution in [2.45, 2.75) is 6.92 Å². The van der Waals surface area contributed by atoms with E-state index < -0.39 is 0 Å². The maximum Gasteiger partial charge on any atom is 0.151 e. The van der Waals surface area contributed by atoms with Crippen LogP contribution in [0.3, 0.4) is 0 Å². The molecule has 0 fully saturated rings. The Balaban J connectivity index is 3.36. The van der Waals surface area contributed by atoms with E-state index in [0.717, 1.165) is 0 Å². The molecule has 0 aromatic heterocycles. The van der Waals surface area contributed by atoms with Crippen LogP contribution in [-0.2, 0) is 0 Å². The number of hydrogen-bond donors (Lipinski definition) is 0. The number of aldehydes is 2. The summed E-state index contributed by atoms with van der Waals surface area (Å²) < 4.78 is 5.16. The first-order valence-electron chi connectivity index (χ1n) is 4.38. The van der Waals surface area contributed by atoms with Crippen molar-refractivity contribution < 1.29 is 14.3 Å². The third kappa shape index (κ3) is 2.20. The fourth-order valence-electron chi connectivity index (χ4n) is 1.22. The highest BCUT2D eigenvalue weighted by Gasteiger charge is 2.10. The lowest BCUT2D eigenvalue weighted by atomic mass is 10.0. The third-order valence-corrected chi connectivity index (χ3v) is 1.85. The number of rotatable bonds is 4. The Bertz CT molecular complexity index is 403. The average Bonchev–Trinajstić information content (AvgIpc) is 2.28. The molecule has 0 amide bonds. The second kappa shape index (κ2) is 4.91. The Labute approximate surface area is 87.1 Å². The highest BCUT2D eigenvalue weighted by Crippen LogP contribution is 2.20. The van der Waals surface area contributed by atoms with Crippen molar-refractivity contribution >= 4 is 12.6 Å². The zero-order chi connectivity index (χ0) is 11.3. The second-order valence-corrected chi connectivity index (χ2v) is 2.76. The second-order valence-electron chi connectivity index (χ2n) is 2.76. The van der Waals surface area contributed by atoms with Gasteiger partial charge in [0, 0.05) is 11.1 Å². The maximum absolute atomic E-state index is 10.7. The number of nitrogens with zero attached hydrogens (tertiary/aromatic N) is 1. The minimum Gasteiger partial charge on any atom is -0.494 e. The smallest absolute Gasteiger partial charge is 0.151 e. The molecular formula is C11H9NO3. The molecule has 1 aromatic rings. The van der Waals surface area contributed by atoms with Gasteiger partial charge in [-0.3, -0.25) is 9.59 Å². The molecule has 0 aliphatic heterocycles. The number of carbonyl (C=O) groups excluding carboxylic acids is 2. The molecule has 0 aliphatic carbocycles. The van der Waals surface area contributed by atoms with Crippen molar-refractivity contribution in [3.8, 4) is 11.8 Å². The lowest BCUT2D eigenvalue weighted by Gasteiger charge is -2.06. The maximum atomic E-state index is 10.7. The summed E-state index contributed by atoms with van der Waals surface area (Å²) in [5.41, 5.74) is 0.430. The fourth-order valence-corrected chi connectivity index (χ4v) is 1.22. The Hall–Kier alpha value is -2.15. The first-order valence-corrected chi connectivity index (χ1v) is 4.38. The minimum absolute atomic E-state index is 0.0865. The highest BCUT2D eigenvalue weighted by atomic mass is 16.5. The van der Waals surface area contributed by atoms with Crippen molar-refractivity contribution in [3.63, 3.8) is 0 Å². The molecule has 0 unspecified atom stereocenters. The SMILES string of the molecule is CCOc1cc(C=O)c(C#N)c(C=O)c1. The van der Waals surface area contributed by atoms with Gasteiger partial charge in [0.05, 0.1) is 12.2 Å². The van der Waals surface area contributed by atoms with Gasteiger partial charge >= 0.3 is 0 Å². The van der Waals surface area contributed by atoms with Gasteiger partial charge in [-0.25, -0.2) is 0 Å². The topological polar surface area (TPSA) is 67.2 Å². The fraction of sp³-hybridized carbons (Fsp3) is 0.182. The van der Waals surface area contributed by atoms with E-state index in [-0.39, 0.29) is 16.7 Å². The first-order chi connectivity index (χ1) is 7.26. The molecule has 1 rings (SSSR count). The molecule has 0 bridgehead atoms. The summed E-state index contributed by atoms with van der Waals surface area (Å²) in [5.74, 6) is 0.417. The van der Waals surface area contributed by atoms with Crippen molar-refractivity contribution in [2.75, 3.05) is 6.61 Å². The van der Waals surface area contributed by atoms with Gasteiger partial charge in [0.2, 0.25) is 0 Å². The number of carbonyl (C=O) groups is 2. The predicted octanol–water partition coefficient (Wildman–Crippen LogP) is 1.58. The van der Waals surface area contributed by atoms with Gasteiger partial charge in [0.25, 0.3) is 0 Å². The van der Waals surface area contributed by atoms with E-state index in [0.29, 0.717) is 24.9 Å². The Morgan fingerprint density at radius 2 is 1.87 bits per heavy atom. The lowest BCUT2D eigenvalue weighted by molar-refractivity contribution is 0.112. The van der Waals surface area contributed by atoms with Gasteiger partial charge in [0.15, 0.2) is 12.6 Å². The molecule has 0 spiro atoms. The average molecular weight is 203 g/mol. The molecule has 15 heavy (non-hydrogen) atoms. The quantitative estimate of drug-likeness (QED) is 0.697. The molecule has 1 aromatic carbocycles. The van der Waals surface area contributed by atoms with Crippen LogP contribution in [0, 0.1) is 11.3 Å². The Morgan fingerprint density at radius 3 is 2.20 bits per heavy atom. The number of nitriles is 1. The largest absolute Gasteiger partial charge is 0.494 e.